The Kier molecular flexibility index (Phi) is 6.30. The van der Waals surface area contributed by atoms with E-state index in [1.54, 1.807) is 18.2 Å². The Morgan fingerprint density at radius 1 is 0.903 bits per heavy atom. The van der Waals surface area contributed by atoms with Gasteiger partial charge in [-0.15, -0.1) is 0 Å². The Morgan fingerprint density at radius 3 is 2.10 bits per heavy atom. The van der Waals surface area contributed by atoms with Crippen LogP contribution in [0.5, 0.6) is 0 Å². The van der Waals surface area contributed by atoms with Gasteiger partial charge in [0.25, 0.3) is 0 Å². The van der Waals surface area contributed by atoms with E-state index in [1.165, 1.54) is 0 Å². The van der Waals surface area contributed by atoms with Crippen LogP contribution < -0.4 is 0 Å². The number of rotatable bonds is 7. The number of ether oxygens (including phenoxy) is 1. The number of esters is 1. The molecule has 0 unspecified atom stereocenters. The number of carbonyl (C=O) groups excluding carboxylic acids is 1. The van der Waals surface area contributed by atoms with E-state index < -0.39 is 17.9 Å². The number of carbonyl (C=O) groups is 2. The lowest BCUT2D eigenvalue weighted by molar-refractivity contribution is -0.151. The van der Waals surface area contributed by atoms with E-state index in [1.807, 2.05) is 36.4 Å². The number of carboxylic acids is 1. The lowest BCUT2D eigenvalue weighted by atomic mass is 9.96. The molecule has 0 bridgehead atoms. The van der Waals surface area contributed by atoms with Crippen molar-refractivity contribution < 1.29 is 19.4 Å². The maximum atomic E-state index is 12.5. The minimum Gasteiger partial charge on any atom is -0.481 e. The fraction of sp³-hybridized carbons (Fsp3) is 0.200. The molecule has 0 aromatic heterocycles. The zero-order valence-electron chi connectivity index (χ0n) is 16.6. The second kappa shape index (κ2) is 9.13. The third-order valence-electron chi connectivity index (χ3n) is 5.60. The van der Waals surface area contributed by atoms with Crippen molar-refractivity contribution in [2.24, 2.45) is 5.92 Å². The van der Waals surface area contributed by atoms with Crippen LogP contribution in [0.3, 0.4) is 0 Å². The molecule has 0 spiro atoms. The van der Waals surface area contributed by atoms with Crippen molar-refractivity contribution in [1.82, 2.24) is 0 Å². The molecule has 4 nitrogen and oxygen atoms in total. The first kappa shape index (κ1) is 21.4. The monoisotopic (exact) mass is 454 g/mol. The van der Waals surface area contributed by atoms with Crippen molar-refractivity contribution in [2.75, 3.05) is 6.61 Å². The molecule has 3 aromatic rings. The zero-order chi connectivity index (χ0) is 22.0. The fourth-order valence-electron chi connectivity index (χ4n) is 4.07. The molecular weight excluding hydrogens is 435 g/mol. The molecule has 3 aromatic carbocycles. The fourth-order valence-corrected chi connectivity index (χ4v) is 4.39. The highest BCUT2D eigenvalue weighted by Crippen LogP contribution is 2.44. The van der Waals surface area contributed by atoms with Gasteiger partial charge in [-0.2, -0.15) is 0 Å². The molecule has 1 aliphatic carbocycles. The van der Waals surface area contributed by atoms with Gasteiger partial charge in [0.05, 0.1) is 22.4 Å². The normalized spacial score (nSPS) is 13.4. The highest BCUT2D eigenvalue weighted by atomic mass is 35.5. The third-order valence-corrected chi connectivity index (χ3v) is 6.34. The number of aliphatic carboxylic acids is 1. The van der Waals surface area contributed by atoms with Gasteiger partial charge in [-0.3, -0.25) is 9.59 Å². The van der Waals surface area contributed by atoms with Crippen LogP contribution in [-0.2, 0) is 20.7 Å². The summed E-state index contributed by atoms with van der Waals surface area (Å²) in [7, 11) is 0. The third kappa shape index (κ3) is 4.60. The minimum absolute atomic E-state index is 0.0605. The SMILES string of the molecule is O=C(C[C@H](Cc1ccc(Cl)c(Cl)c1)C(=O)O)OCC1c2ccccc2-c2ccccc21. The van der Waals surface area contributed by atoms with Crippen LogP contribution in [-0.4, -0.2) is 23.7 Å². The maximum Gasteiger partial charge on any atom is 0.307 e. The van der Waals surface area contributed by atoms with E-state index in [0.29, 0.717) is 15.6 Å². The molecular formula is C25H20Cl2O4. The molecule has 0 radical (unpaired) electrons. The summed E-state index contributed by atoms with van der Waals surface area (Å²) in [4.78, 5) is 24.2. The first-order valence-corrected chi connectivity index (χ1v) is 10.7. The molecule has 1 aliphatic rings. The second-order valence-electron chi connectivity index (χ2n) is 7.60. The lowest BCUT2D eigenvalue weighted by Gasteiger charge is -2.16. The van der Waals surface area contributed by atoms with Gasteiger partial charge < -0.3 is 9.84 Å². The molecule has 31 heavy (non-hydrogen) atoms. The summed E-state index contributed by atoms with van der Waals surface area (Å²) in [6.07, 6.45) is -0.0536. The van der Waals surface area contributed by atoms with Crippen LogP contribution in [0.25, 0.3) is 11.1 Å². The molecule has 158 valence electrons. The number of hydrogen-bond donors (Lipinski definition) is 1. The van der Waals surface area contributed by atoms with Gasteiger partial charge in [0.15, 0.2) is 0 Å². The van der Waals surface area contributed by atoms with Crippen LogP contribution in [0.4, 0.5) is 0 Å². The number of fused-ring (bicyclic) bond motifs is 3. The topological polar surface area (TPSA) is 63.6 Å². The molecule has 1 atom stereocenters. The van der Waals surface area contributed by atoms with Crippen LogP contribution in [0.1, 0.15) is 29.0 Å². The van der Waals surface area contributed by atoms with Gasteiger partial charge in [-0.25, -0.2) is 0 Å². The zero-order valence-corrected chi connectivity index (χ0v) is 18.1. The van der Waals surface area contributed by atoms with E-state index in [9.17, 15) is 14.7 Å². The van der Waals surface area contributed by atoms with Gasteiger partial charge in [0, 0.05) is 5.92 Å². The van der Waals surface area contributed by atoms with Crippen molar-refractivity contribution in [1.29, 1.82) is 0 Å². The standard InChI is InChI=1S/C25H20Cl2O4/c26-22-10-9-15(12-23(22)27)11-16(25(29)30)13-24(28)31-14-21-19-7-3-1-5-17(19)18-6-2-4-8-20(18)21/h1-10,12,16,21H,11,13-14H2,(H,29,30)/t16-/m0/s1. The van der Waals surface area contributed by atoms with Gasteiger partial charge in [-0.05, 0) is 46.4 Å². The number of carboxylic acid groups (broad SMARTS) is 1. The predicted octanol–water partition coefficient (Wildman–Crippen LogP) is 5.98. The van der Waals surface area contributed by atoms with E-state index in [0.717, 1.165) is 22.3 Å². The average molecular weight is 455 g/mol. The summed E-state index contributed by atoms with van der Waals surface area (Å²) in [6, 6.07) is 21.1. The minimum atomic E-state index is -1.06. The summed E-state index contributed by atoms with van der Waals surface area (Å²) in [5.41, 5.74) is 5.21. The van der Waals surface area contributed by atoms with Crippen molar-refractivity contribution in [2.45, 2.75) is 18.8 Å². The van der Waals surface area contributed by atoms with Crippen LogP contribution in [0.2, 0.25) is 10.0 Å². The van der Waals surface area contributed by atoms with Crippen LogP contribution in [0, 0.1) is 5.92 Å². The Labute approximate surface area is 190 Å². The Bertz CT molecular complexity index is 1100. The molecule has 0 aliphatic heterocycles. The summed E-state index contributed by atoms with van der Waals surface area (Å²) >= 11 is 11.9. The molecule has 6 heteroatoms. The maximum absolute atomic E-state index is 12.5. The molecule has 0 amide bonds. The molecule has 1 N–H and O–H groups in total. The highest BCUT2D eigenvalue weighted by molar-refractivity contribution is 6.42. The quantitative estimate of drug-likeness (QED) is 0.445. The van der Waals surface area contributed by atoms with E-state index in [2.05, 4.69) is 12.1 Å². The van der Waals surface area contributed by atoms with Crippen molar-refractivity contribution in [3.8, 4) is 11.1 Å². The highest BCUT2D eigenvalue weighted by Gasteiger charge is 2.30. The summed E-state index contributed by atoms with van der Waals surface area (Å²) in [5, 5.41) is 10.3. The van der Waals surface area contributed by atoms with Crippen molar-refractivity contribution in [3.05, 3.63) is 93.5 Å². The smallest absolute Gasteiger partial charge is 0.307 e. The van der Waals surface area contributed by atoms with E-state index in [4.69, 9.17) is 27.9 Å². The van der Waals surface area contributed by atoms with E-state index >= 15 is 0 Å². The van der Waals surface area contributed by atoms with E-state index in [-0.39, 0.29) is 25.4 Å². The summed E-state index contributed by atoms with van der Waals surface area (Å²) < 4.78 is 5.55. The average Bonchev–Trinajstić information content (AvgIpc) is 3.08. The summed E-state index contributed by atoms with van der Waals surface area (Å²) in [5.74, 6) is -2.56. The number of halogens is 2. The number of hydrogen-bond acceptors (Lipinski definition) is 3. The molecule has 0 heterocycles. The van der Waals surface area contributed by atoms with Gasteiger partial charge in [0.2, 0.25) is 0 Å². The van der Waals surface area contributed by atoms with Crippen molar-refractivity contribution >= 4 is 35.1 Å². The van der Waals surface area contributed by atoms with Crippen LogP contribution in [0.15, 0.2) is 66.7 Å². The Morgan fingerprint density at radius 2 is 1.52 bits per heavy atom. The summed E-state index contributed by atoms with van der Waals surface area (Å²) in [6.45, 7) is 0.173. The lowest BCUT2D eigenvalue weighted by Crippen LogP contribution is -2.22. The number of benzene rings is 3. The first-order valence-electron chi connectivity index (χ1n) is 9.94. The largest absolute Gasteiger partial charge is 0.481 e. The molecule has 0 fully saturated rings. The van der Waals surface area contributed by atoms with Crippen molar-refractivity contribution in [3.63, 3.8) is 0 Å². The molecule has 0 saturated heterocycles. The van der Waals surface area contributed by atoms with Gasteiger partial charge in [0.1, 0.15) is 6.61 Å². The second-order valence-corrected chi connectivity index (χ2v) is 8.42. The first-order chi connectivity index (χ1) is 14.9. The molecule has 4 rings (SSSR count). The predicted molar refractivity (Wildman–Crippen MR) is 121 cm³/mol. The Balaban J connectivity index is 1.43. The Hall–Kier alpha value is -2.82. The molecule has 0 saturated carbocycles. The van der Waals surface area contributed by atoms with Crippen LogP contribution >= 0.6 is 23.2 Å². The van der Waals surface area contributed by atoms with Gasteiger partial charge >= 0.3 is 11.9 Å². The van der Waals surface area contributed by atoms with Gasteiger partial charge in [-0.1, -0.05) is 77.8 Å².